The number of aromatic nitrogens is 3. The molecule has 0 aliphatic heterocycles. The van der Waals surface area contributed by atoms with Crippen LogP contribution in [0.2, 0.25) is 0 Å². The second-order valence-corrected chi connectivity index (χ2v) is 11.1. The topological polar surface area (TPSA) is 163 Å². The maximum absolute atomic E-state index is 13.1. The number of carbonyl (C=O) groups is 1. The van der Waals surface area contributed by atoms with Crippen molar-refractivity contribution in [2.24, 2.45) is 0 Å². The Labute approximate surface area is 262 Å². The highest BCUT2D eigenvalue weighted by molar-refractivity contribution is 6.05. The van der Waals surface area contributed by atoms with Gasteiger partial charge >= 0.3 is 0 Å². The average molecular weight is 617 g/mol. The fraction of sp³-hybridized carbons (Fsp3) is 0.333. The lowest BCUT2D eigenvalue weighted by Gasteiger charge is -2.19. The van der Waals surface area contributed by atoms with Gasteiger partial charge in [-0.15, -0.1) is 0 Å². The van der Waals surface area contributed by atoms with Crippen molar-refractivity contribution in [3.05, 3.63) is 77.4 Å². The molecule has 0 bridgehead atoms. The molecule has 0 fully saturated rings. The van der Waals surface area contributed by atoms with Gasteiger partial charge < -0.3 is 40.4 Å². The molecule has 1 aromatic heterocycles. The number of aliphatic hydroxyl groups excluding tert-OH is 1. The Kier molecular flexibility index (Phi) is 11.3. The predicted molar refractivity (Wildman–Crippen MR) is 173 cm³/mol. The zero-order valence-corrected chi connectivity index (χ0v) is 26.2. The molecule has 0 radical (unpaired) electrons. The smallest absolute Gasteiger partial charge is 0.255 e. The van der Waals surface area contributed by atoms with E-state index < -0.39 is 0 Å². The molecule has 0 saturated heterocycles. The Morgan fingerprint density at radius 2 is 1.56 bits per heavy atom. The van der Waals surface area contributed by atoms with E-state index in [0.29, 0.717) is 66.0 Å². The van der Waals surface area contributed by atoms with Gasteiger partial charge in [0, 0.05) is 48.4 Å². The first-order valence-electron chi connectivity index (χ1n) is 14.4. The summed E-state index contributed by atoms with van der Waals surface area (Å²) in [7, 11) is 3.20. The van der Waals surface area contributed by atoms with Gasteiger partial charge in [0.25, 0.3) is 5.91 Å². The summed E-state index contributed by atoms with van der Waals surface area (Å²) in [5.74, 6) is 1.09. The zero-order valence-electron chi connectivity index (χ0n) is 26.2. The minimum Gasteiger partial charge on any atom is -0.487 e. The van der Waals surface area contributed by atoms with Crippen molar-refractivity contribution in [2.75, 3.05) is 57.0 Å². The lowest BCUT2D eigenvalue weighted by Crippen LogP contribution is -2.15. The number of hydrogen-bond acceptors (Lipinski definition) is 11. The number of nitrogens with one attached hydrogen (secondary N) is 2. The van der Waals surface area contributed by atoms with E-state index in [-0.39, 0.29) is 35.7 Å². The minimum absolute atomic E-state index is 0.0316. The second-order valence-electron chi connectivity index (χ2n) is 11.1. The molecule has 0 unspecified atom stereocenters. The summed E-state index contributed by atoms with van der Waals surface area (Å²) in [5, 5.41) is 16.4. The Morgan fingerprint density at radius 3 is 2.20 bits per heavy atom. The molecule has 12 heteroatoms. The molecule has 0 spiro atoms. The second kappa shape index (κ2) is 15.3. The molecule has 45 heavy (non-hydrogen) atoms. The Balaban J connectivity index is 1.59. The first-order chi connectivity index (χ1) is 21.6. The zero-order chi connectivity index (χ0) is 32.4. The van der Waals surface area contributed by atoms with E-state index in [1.165, 1.54) is 0 Å². The van der Waals surface area contributed by atoms with E-state index in [0.717, 1.165) is 5.56 Å². The third-order valence-corrected chi connectivity index (χ3v) is 6.78. The Morgan fingerprint density at radius 1 is 0.867 bits per heavy atom. The Bertz CT molecular complexity index is 1590. The summed E-state index contributed by atoms with van der Waals surface area (Å²) in [5.41, 5.74) is 9.61. The number of amides is 1. The van der Waals surface area contributed by atoms with Gasteiger partial charge in [-0.2, -0.15) is 15.0 Å². The molecule has 0 aliphatic carbocycles. The predicted octanol–water partition coefficient (Wildman–Crippen LogP) is 4.96. The van der Waals surface area contributed by atoms with Crippen molar-refractivity contribution >= 4 is 29.2 Å². The standard InChI is InChI=1S/C33H40N6O6/c1-33(2,3)22-11-9-21(10-12-22)30(41)36-26-8-6-7-24(25(26)20-40)29-37-31(34)39-32(38-29)35-23-13-14-27(44-17-15-42-4)28(19-23)45-18-16-43-5/h6-14,19,40H,15-18,20H2,1-5H3,(H,36,41)(H3,34,35,37,38,39). The fourth-order valence-corrected chi connectivity index (χ4v) is 4.39. The molecule has 12 nitrogen and oxygen atoms in total. The van der Waals surface area contributed by atoms with Crippen molar-refractivity contribution in [1.29, 1.82) is 0 Å². The van der Waals surface area contributed by atoms with Crippen LogP contribution in [0.15, 0.2) is 60.7 Å². The quantitative estimate of drug-likeness (QED) is 0.142. The van der Waals surface area contributed by atoms with Gasteiger partial charge in [-0.1, -0.05) is 45.0 Å². The average Bonchev–Trinajstić information content (AvgIpc) is 3.01. The maximum Gasteiger partial charge on any atom is 0.255 e. The number of nitrogens with two attached hydrogens (primary N) is 1. The van der Waals surface area contributed by atoms with E-state index >= 15 is 0 Å². The minimum atomic E-state index is -0.379. The van der Waals surface area contributed by atoms with Crippen LogP contribution < -0.4 is 25.8 Å². The van der Waals surface area contributed by atoms with E-state index in [4.69, 9.17) is 24.7 Å². The highest BCUT2D eigenvalue weighted by Crippen LogP contribution is 2.33. The number of ether oxygens (including phenoxy) is 4. The van der Waals surface area contributed by atoms with Crippen LogP contribution in [0, 0.1) is 0 Å². The number of benzene rings is 3. The van der Waals surface area contributed by atoms with Gasteiger partial charge in [-0.3, -0.25) is 4.79 Å². The van der Waals surface area contributed by atoms with Crippen LogP contribution in [0.4, 0.5) is 23.3 Å². The molecule has 4 rings (SSSR count). The van der Waals surface area contributed by atoms with Crippen LogP contribution in [0.1, 0.15) is 42.3 Å². The first-order valence-corrected chi connectivity index (χ1v) is 14.4. The van der Waals surface area contributed by atoms with Crippen LogP contribution >= 0.6 is 0 Å². The molecule has 238 valence electrons. The van der Waals surface area contributed by atoms with Gasteiger partial charge in [0.05, 0.1) is 19.8 Å². The van der Waals surface area contributed by atoms with Gasteiger partial charge in [0.1, 0.15) is 13.2 Å². The largest absolute Gasteiger partial charge is 0.487 e. The number of rotatable bonds is 14. The first kappa shape index (κ1) is 33.1. The van der Waals surface area contributed by atoms with E-state index in [2.05, 4.69) is 46.4 Å². The Hall–Kier alpha value is -4.78. The number of methoxy groups -OCH3 is 2. The highest BCUT2D eigenvalue weighted by Gasteiger charge is 2.18. The van der Waals surface area contributed by atoms with Crippen molar-refractivity contribution in [3.8, 4) is 22.9 Å². The number of anilines is 4. The number of carbonyl (C=O) groups excluding carboxylic acids is 1. The molecule has 1 amide bonds. The summed E-state index contributed by atoms with van der Waals surface area (Å²) in [6.45, 7) is 7.47. The van der Waals surface area contributed by atoms with Crippen molar-refractivity contribution in [2.45, 2.75) is 32.8 Å². The van der Waals surface area contributed by atoms with Crippen molar-refractivity contribution in [3.63, 3.8) is 0 Å². The maximum atomic E-state index is 13.1. The normalized spacial score (nSPS) is 11.2. The third kappa shape index (κ3) is 8.88. The van der Waals surface area contributed by atoms with Gasteiger partial charge in [0.2, 0.25) is 11.9 Å². The van der Waals surface area contributed by atoms with Gasteiger partial charge in [-0.05, 0) is 41.3 Å². The number of nitrogen functional groups attached to an aromatic ring is 1. The van der Waals surface area contributed by atoms with E-state index in [9.17, 15) is 9.90 Å². The lowest BCUT2D eigenvalue weighted by atomic mass is 9.86. The van der Waals surface area contributed by atoms with Crippen LogP contribution in [-0.2, 0) is 21.5 Å². The highest BCUT2D eigenvalue weighted by atomic mass is 16.5. The number of nitrogens with zero attached hydrogens (tertiary/aromatic N) is 3. The third-order valence-electron chi connectivity index (χ3n) is 6.78. The molecular weight excluding hydrogens is 576 g/mol. The summed E-state index contributed by atoms with van der Waals surface area (Å²) < 4.78 is 21.8. The van der Waals surface area contributed by atoms with Gasteiger partial charge in [-0.25, -0.2) is 0 Å². The SMILES string of the molecule is COCCOc1ccc(Nc2nc(N)nc(-c3cccc(NC(=O)c4ccc(C(C)(C)C)cc4)c3CO)n2)cc1OCCOC. The summed E-state index contributed by atoms with van der Waals surface area (Å²) in [6, 6.07) is 17.9. The van der Waals surface area contributed by atoms with Crippen LogP contribution in [0.25, 0.3) is 11.4 Å². The molecular formula is C33H40N6O6. The number of aliphatic hydroxyl groups is 1. The van der Waals surface area contributed by atoms with E-state index in [1.807, 2.05) is 12.1 Å². The van der Waals surface area contributed by atoms with Crippen LogP contribution in [0.3, 0.4) is 0 Å². The molecule has 3 aromatic carbocycles. The molecule has 0 atom stereocenters. The molecule has 5 N–H and O–H groups in total. The summed E-state index contributed by atoms with van der Waals surface area (Å²) >= 11 is 0. The van der Waals surface area contributed by atoms with Gasteiger partial charge in [0.15, 0.2) is 17.3 Å². The number of hydrogen-bond donors (Lipinski definition) is 4. The fourth-order valence-electron chi connectivity index (χ4n) is 4.39. The summed E-state index contributed by atoms with van der Waals surface area (Å²) in [6.07, 6.45) is 0. The molecule has 0 aliphatic rings. The van der Waals surface area contributed by atoms with Crippen molar-refractivity contribution < 1.29 is 28.8 Å². The lowest BCUT2D eigenvalue weighted by molar-refractivity contribution is 0.102. The summed E-state index contributed by atoms with van der Waals surface area (Å²) in [4.78, 5) is 26.2. The molecule has 4 aromatic rings. The molecule has 1 heterocycles. The van der Waals surface area contributed by atoms with Crippen LogP contribution in [-0.4, -0.2) is 66.6 Å². The molecule has 0 saturated carbocycles. The van der Waals surface area contributed by atoms with Crippen molar-refractivity contribution in [1.82, 2.24) is 15.0 Å². The monoisotopic (exact) mass is 616 g/mol. The van der Waals surface area contributed by atoms with E-state index in [1.54, 1.807) is 62.8 Å². The van der Waals surface area contributed by atoms with Crippen LogP contribution in [0.5, 0.6) is 11.5 Å².